The molecule has 0 aliphatic carbocycles. The van der Waals surface area contributed by atoms with Crippen molar-refractivity contribution in [1.29, 1.82) is 0 Å². The Balaban J connectivity index is 1.23. The van der Waals surface area contributed by atoms with Gasteiger partial charge in [0.25, 0.3) is 0 Å². The van der Waals surface area contributed by atoms with Crippen molar-refractivity contribution in [2.45, 2.75) is 38.4 Å². The Bertz CT molecular complexity index is 1300. The van der Waals surface area contributed by atoms with Gasteiger partial charge in [-0.2, -0.15) is 13.2 Å². The summed E-state index contributed by atoms with van der Waals surface area (Å²) in [7, 11) is 3.16. The SMILES string of the molecule is COc1ccc(-c2cnc(CCC(=O)NCC3CCCN(Cc4ccc(Cl)c(C(F)(F)F)c4)C3)nc2)cc1OC. The second-order valence-electron chi connectivity index (χ2n) is 9.82. The summed E-state index contributed by atoms with van der Waals surface area (Å²) in [5.74, 6) is 1.96. The summed E-state index contributed by atoms with van der Waals surface area (Å²) in [5, 5.41) is 2.69. The smallest absolute Gasteiger partial charge is 0.417 e. The number of aromatic nitrogens is 2. The van der Waals surface area contributed by atoms with Crippen molar-refractivity contribution in [3.63, 3.8) is 0 Å². The predicted octanol–water partition coefficient (Wildman–Crippen LogP) is 5.79. The molecule has 0 bridgehead atoms. The van der Waals surface area contributed by atoms with Gasteiger partial charge >= 0.3 is 6.18 Å². The van der Waals surface area contributed by atoms with Crippen LogP contribution in [0.3, 0.4) is 0 Å². The average molecular weight is 577 g/mol. The van der Waals surface area contributed by atoms with Gasteiger partial charge in [-0.3, -0.25) is 9.69 Å². The standard InChI is InChI=1S/C29H32ClF3N4O3/c1-39-25-8-6-21(13-26(25)40-2)22-15-34-27(35-16-22)9-10-28(38)36-14-20-4-3-11-37(18-20)17-19-5-7-24(30)23(12-19)29(31,32)33/h5-8,12-13,15-16,20H,3-4,9-11,14,17-18H2,1-2H3,(H,36,38). The number of benzene rings is 2. The number of carbonyl (C=O) groups excluding carboxylic acids is 1. The van der Waals surface area contributed by atoms with E-state index in [2.05, 4.69) is 20.2 Å². The largest absolute Gasteiger partial charge is 0.493 e. The summed E-state index contributed by atoms with van der Waals surface area (Å²) in [5.41, 5.74) is 1.47. The normalized spacial score (nSPS) is 16.0. The molecule has 11 heteroatoms. The Morgan fingerprint density at radius 3 is 2.52 bits per heavy atom. The van der Waals surface area contributed by atoms with Crippen LogP contribution >= 0.6 is 11.6 Å². The van der Waals surface area contributed by atoms with E-state index in [1.807, 2.05) is 18.2 Å². The molecule has 1 amide bonds. The predicted molar refractivity (Wildman–Crippen MR) is 146 cm³/mol. The van der Waals surface area contributed by atoms with Crippen LogP contribution in [0.5, 0.6) is 11.5 Å². The third kappa shape index (κ3) is 7.85. The molecule has 1 N–H and O–H groups in total. The van der Waals surface area contributed by atoms with Gasteiger partial charge in [0, 0.05) is 50.4 Å². The molecule has 0 radical (unpaired) electrons. The Labute approximate surface area is 236 Å². The second kappa shape index (κ2) is 13.3. The number of nitrogens with zero attached hydrogens (tertiary/aromatic N) is 3. The van der Waals surface area contributed by atoms with Crippen LogP contribution in [0, 0.1) is 5.92 Å². The minimum atomic E-state index is -4.49. The minimum Gasteiger partial charge on any atom is -0.493 e. The summed E-state index contributed by atoms with van der Waals surface area (Å²) < 4.78 is 50.2. The van der Waals surface area contributed by atoms with Crippen molar-refractivity contribution in [2.75, 3.05) is 33.9 Å². The topological polar surface area (TPSA) is 76.6 Å². The highest BCUT2D eigenvalue weighted by molar-refractivity contribution is 6.31. The third-order valence-electron chi connectivity index (χ3n) is 6.93. The molecule has 0 saturated carbocycles. The summed E-state index contributed by atoms with van der Waals surface area (Å²) in [6, 6.07) is 9.62. The molecule has 3 aromatic rings. The van der Waals surface area contributed by atoms with Crippen molar-refractivity contribution >= 4 is 17.5 Å². The molecule has 0 spiro atoms. The summed E-state index contributed by atoms with van der Waals surface area (Å²) in [6.07, 6.45) is 1.49. The van der Waals surface area contributed by atoms with Gasteiger partial charge in [-0.15, -0.1) is 0 Å². The van der Waals surface area contributed by atoms with Crippen molar-refractivity contribution in [3.05, 3.63) is 70.8 Å². The van der Waals surface area contributed by atoms with E-state index in [1.54, 1.807) is 32.7 Å². The van der Waals surface area contributed by atoms with Crippen LogP contribution in [0.4, 0.5) is 13.2 Å². The highest BCUT2D eigenvalue weighted by Gasteiger charge is 2.33. The highest BCUT2D eigenvalue weighted by Crippen LogP contribution is 2.35. The molecular weight excluding hydrogens is 545 g/mol. The number of amides is 1. The number of alkyl halides is 3. The molecule has 1 aromatic heterocycles. The number of hydrogen-bond donors (Lipinski definition) is 1. The van der Waals surface area contributed by atoms with Crippen LogP contribution in [-0.4, -0.2) is 54.6 Å². The average Bonchev–Trinajstić information content (AvgIpc) is 2.95. The molecule has 2 heterocycles. The molecule has 7 nitrogen and oxygen atoms in total. The summed E-state index contributed by atoms with van der Waals surface area (Å²) in [4.78, 5) is 23.4. The lowest BCUT2D eigenvalue weighted by Crippen LogP contribution is -2.40. The lowest BCUT2D eigenvalue weighted by Gasteiger charge is -2.33. The Morgan fingerprint density at radius 1 is 1.07 bits per heavy atom. The monoisotopic (exact) mass is 576 g/mol. The van der Waals surface area contributed by atoms with Gasteiger partial charge in [-0.25, -0.2) is 9.97 Å². The Morgan fingerprint density at radius 2 is 1.82 bits per heavy atom. The molecule has 214 valence electrons. The first-order chi connectivity index (χ1) is 19.2. The number of aryl methyl sites for hydroxylation is 1. The van der Waals surface area contributed by atoms with Crippen LogP contribution in [-0.2, 0) is 23.9 Å². The van der Waals surface area contributed by atoms with Crippen molar-refractivity contribution < 1.29 is 27.4 Å². The fraction of sp³-hybridized carbons (Fsp3) is 0.414. The molecule has 1 atom stereocenters. The molecule has 2 aromatic carbocycles. The van der Waals surface area contributed by atoms with E-state index in [0.29, 0.717) is 48.9 Å². The first-order valence-corrected chi connectivity index (χ1v) is 13.4. The number of hydrogen-bond acceptors (Lipinski definition) is 6. The van der Waals surface area contributed by atoms with Crippen LogP contribution in [0.1, 0.15) is 36.2 Å². The van der Waals surface area contributed by atoms with Gasteiger partial charge in [0.2, 0.25) is 5.91 Å². The molecule has 1 unspecified atom stereocenters. The zero-order valence-corrected chi connectivity index (χ0v) is 23.2. The van der Waals surface area contributed by atoms with Gasteiger partial charge in [0.15, 0.2) is 11.5 Å². The maximum absolute atomic E-state index is 13.2. The molecule has 1 aliphatic rings. The first kappa shape index (κ1) is 29.6. The lowest BCUT2D eigenvalue weighted by molar-refractivity contribution is -0.137. The second-order valence-corrected chi connectivity index (χ2v) is 10.2. The lowest BCUT2D eigenvalue weighted by atomic mass is 9.97. The van der Waals surface area contributed by atoms with Gasteiger partial charge in [-0.1, -0.05) is 23.7 Å². The van der Waals surface area contributed by atoms with E-state index in [0.717, 1.165) is 36.6 Å². The van der Waals surface area contributed by atoms with Gasteiger partial charge in [0.05, 0.1) is 24.8 Å². The maximum Gasteiger partial charge on any atom is 0.417 e. The molecule has 1 fully saturated rings. The van der Waals surface area contributed by atoms with E-state index >= 15 is 0 Å². The van der Waals surface area contributed by atoms with E-state index in [4.69, 9.17) is 21.1 Å². The third-order valence-corrected chi connectivity index (χ3v) is 7.26. The zero-order chi connectivity index (χ0) is 28.7. The number of ether oxygens (including phenoxy) is 2. The quantitative estimate of drug-likeness (QED) is 0.329. The van der Waals surface area contributed by atoms with Crippen LogP contribution in [0.2, 0.25) is 5.02 Å². The highest BCUT2D eigenvalue weighted by atomic mass is 35.5. The number of piperidine rings is 1. The number of likely N-dealkylation sites (tertiary alicyclic amines) is 1. The van der Waals surface area contributed by atoms with Crippen LogP contribution < -0.4 is 14.8 Å². The molecular formula is C29H32ClF3N4O3. The maximum atomic E-state index is 13.2. The number of halogens is 4. The molecule has 4 rings (SSSR count). The van der Waals surface area contributed by atoms with Crippen molar-refractivity contribution in [1.82, 2.24) is 20.2 Å². The summed E-state index contributed by atoms with van der Waals surface area (Å²) in [6.45, 7) is 2.42. The molecule has 40 heavy (non-hydrogen) atoms. The van der Waals surface area contributed by atoms with E-state index in [9.17, 15) is 18.0 Å². The van der Waals surface area contributed by atoms with E-state index in [1.165, 1.54) is 6.07 Å². The molecule has 1 aliphatic heterocycles. The number of methoxy groups -OCH3 is 2. The fourth-order valence-corrected chi connectivity index (χ4v) is 5.05. The van der Waals surface area contributed by atoms with Crippen molar-refractivity contribution in [3.8, 4) is 22.6 Å². The Hall–Kier alpha value is -3.37. The number of nitrogens with one attached hydrogen (secondary N) is 1. The zero-order valence-electron chi connectivity index (χ0n) is 22.4. The van der Waals surface area contributed by atoms with Crippen molar-refractivity contribution in [2.24, 2.45) is 5.92 Å². The fourth-order valence-electron chi connectivity index (χ4n) is 4.83. The van der Waals surface area contributed by atoms with Gasteiger partial charge in [0.1, 0.15) is 5.82 Å². The van der Waals surface area contributed by atoms with Crippen LogP contribution in [0.25, 0.3) is 11.1 Å². The first-order valence-electron chi connectivity index (χ1n) is 13.0. The Kier molecular flexibility index (Phi) is 9.86. The summed E-state index contributed by atoms with van der Waals surface area (Å²) >= 11 is 5.74. The van der Waals surface area contributed by atoms with Gasteiger partial charge < -0.3 is 14.8 Å². The number of rotatable bonds is 10. The van der Waals surface area contributed by atoms with Gasteiger partial charge in [-0.05, 0) is 60.7 Å². The minimum absolute atomic E-state index is 0.0859. The van der Waals surface area contributed by atoms with E-state index in [-0.39, 0.29) is 23.3 Å². The van der Waals surface area contributed by atoms with Crippen LogP contribution in [0.15, 0.2) is 48.8 Å². The van der Waals surface area contributed by atoms with E-state index < -0.39 is 11.7 Å². The molecule has 1 saturated heterocycles. The number of carbonyl (C=O) groups is 1.